The van der Waals surface area contributed by atoms with Crippen LogP contribution in [-0.4, -0.2) is 28.5 Å². The summed E-state index contributed by atoms with van der Waals surface area (Å²) >= 11 is 2.07. The van der Waals surface area contributed by atoms with Crippen LogP contribution in [0.3, 0.4) is 0 Å². The minimum Gasteiger partial charge on any atom is -0.398 e. The Labute approximate surface area is 125 Å². The number of nitrogens with two attached hydrogens (primary N) is 1. The Morgan fingerprint density at radius 1 is 1.20 bits per heavy atom. The van der Waals surface area contributed by atoms with Crippen molar-refractivity contribution in [1.82, 2.24) is 4.90 Å². The van der Waals surface area contributed by atoms with E-state index in [9.17, 15) is 0 Å². The van der Waals surface area contributed by atoms with Crippen molar-refractivity contribution >= 4 is 28.2 Å². The van der Waals surface area contributed by atoms with Crippen LogP contribution in [0.1, 0.15) is 19.4 Å². The van der Waals surface area contributed by atoms with E-state index in [4.69, 9.17) is 5.73 Å². The summed E-state index contributed by atoms with van der Waals surface area (Å²) in [6.45, 7) is 6.77. The van der Waals surface area contributed by atoms with Gasteiger partial charge in [-0.15, -0.1) is 0 Å². The van der Waals surface area contributed by atoms with Crippen molar-refractivity contribution in [3.8, 4) is 0 Å². The van der Waals surface area contributed by atoms with Crippen LogP contribution in [0.2, 0.25) is 0 Å². The lowest BCUT2D eigenvalue weighted by atomic mass is 10.0. The maximum absolute atomic E-state index is 6.25. The highest BCUT2D eigenvalue weighted by Crippen LogP contribution is 2.28. The van der Waals surface area contributed by atoms with Crippen LogP contribution >= 0.6 is 11.8 Å². The number of anilines is 1. The normalized spacial score (nSPS) is 24.1. The topological polar surface area (TPSA) is 29.3 Å². The minimum absolute atomic E-state index is 0.611. The first-order valence-electron chi connectivity index (χ1n) is 7.28. The van der Waals surface area contributed by atoms with Crippen molar-refractivity contribution in [2.24, 2.45) is 0 Å². The third-order valence-corrected chi connectivity index (χ3v) is 5.73. The molecule has 106 valence electrons. The zero-order valence-electron chi connectivity index (χ0n) is 12.2. The summed E-state index contributed by atoms with van der Waals surface area (Å²) in [5.74, 6) is 1.22. The zero-order valence-corrected chi connectivity index (χ0v) is 13.0. The molecule has 0 aromatic heterocycles. The number of hydrogen-bond donors (Lipinski definition) is 1. The molecular weight excluding hydrogens is 264 g/mol. The fourth-order valence-corrected chi connectivity index (χ4v) is 4.04. The average molecular weight is 286 g/mol. The molecule has 2 aromatic rings. The number of hydrogen-bond acceptors (Lipinski definition) is 3. The number of benzene rings is 2. The second-order valence-corrected chi connectivity index (χ2v) is 7.17. The monoisotopic (exact) mass is 286 g/mol. The summed E-state index contributed by atoms with van der Waals surface area (Å²) in [5.41, 5.74) is 8.43. The standard InChI is InChI=1S/C17H22N2S/c1-12-13(2)20-8-7-19(12)11-16-9-14-5-3-4-6-15(14)10-17(16)18/h3-6,9-10,12-13H,7-8,11,18H2,1-2H3. The molecular formula is C17H22N2S. The maximum Gasteiger partial charge on any atom is 0.0366 e. The van der Waals surface area contributed by atoms with Crippen LogP contribution in [0.5, 0.6) is 0 Å². The first-order chi connectivity index (χ1) is 9.65. The molecule has 2 nitrogen and oxygen atoms in total. The molecule has 2 aromatic carbocycles. The van der Waals surface area contributed by atoms with Crippen molar-refractivity contribution in [1.29, 1.82) is 0 Å². The van der Waals surface area contributed by atoms with Gasteiger partial charge in [-0.05, 0) is 35.4 Å². The first-order valence-corrected chi connectivity index (χ1v) is 8.33. The molecule has 3 rings (SSSR count). The van der Waals surface area contributed by atoms with Gasteiger partial charge in [0.1, 0.15) is 0 Å². The lowest BCUT2D eigenvalue weighted by Gasteiger charge is -2.37. The predicted octanol–water partition coefficient (Wildman–Crippen LogP) is 3.75. The molecule has 0 aliphatic carbocycles. The van der Waals surface area contributed by atoms with E-state index in [2.05, 4.69) is 66.9 Å². The number of thioether (sulfide) groups is 1. The zero-order chi connectivity index (χ0) is 14.1. The summed E-state index contributed by atoms with van der Waals surface area (Å²) in [5, 5.41) is 3.21. The Balaban J connectivity index is 1.88. The van der Waals surface area contributed by atoms with Crippen LogP contribution in [0.25, 0.3) is 10.8 Å². The summed E-state index contributed by atoms with van der Waals surface area (Å²) < 4.78 is 0. The second kappa shape index (κ2) is 5.66. The molecule has 3 heteroatoms. The molecule has 1 heterocycles. The van der Waals surface area contributed by atoms with E-state index in [-0.39, 0.29) is 0 Å². The van der Waals surface area contributed by atoms with Gasteiger partial charge in [-0.2, -0.15) is 11.8 Å². The molecule has 2 unspecified atom stereocenters. The van der Waals surface area contributed by atoms with Gasteiger partial charge in [-0.1, -0.05) is 31.2 Å². The van der Waals surface area contributed by atoms with E-state index < -0.39 is 0 Å². The molecule has 0 saturated carbocycles. The second-order valence-electron chi connectivity index (χ2n) is 5.69. The van der Waals surface area contributed by atoms with Gasteiger partial charge in [0.05, 0.1) is 0 Å². The first kappa shape index (κ1) is 13.8. The third kappa shape index (κ3) is 2.65. The highest BCUT2D eigenvalue weighted by atomic mass is 32.2. The lowest BCUT2D eigenvalue weighted by molar-refractivity contribution is 0.205. The van der Waals surface area contributed by atoms with Gasteiger partial charge >= 0.3 is 0 Å². The van der Waals surface area contributed by atoms with E-state index in [0.29, 0.717) is 11.3 Å². The Bertz CT molecular complexity index is 611. The van der Waals surface area contributed by atoms with Crippen molar-refractivity contribution in [3.05, 3.63) is 42.0 Å². The minimum atomic E-state index is 0.611. The fraction of sp³-hybridized carbons (Fsp3) is 0.412. The summed E-state index contributed by atoms with van der Waals surface area (Å²) in [7, 11) is 0. The summed E-state index contributed by atoms with van der Waals surface area (Å²) in [6, 6.07) is 13.4. The number of nitrogens with zero attached hydrogens (tertiary/aromatic N) is 1. The van der Waals surface area contributed by atoms with Gasteiger partial charge in [0, 0.05) is 35.8 Å². The van der Waals surface area contributed by atoms with Crippen molar-refractivity contribution in [3.63, 3.8) is 0 Å². The Hall–Kier alpha value is -1.19. The number of nitrogen functional groups attached to an aromatic ring is 1. The Morgan fingerprint density at radius 3 is 2.65 bits per heavy atom. The van der Waals surface area contributed by atoms with Gasteiger partial charge in [-0.3, -0.25) is 4.90 Å². The van der Waals surface area contributed by atoms with Gasteiger partial charge in [0.2, 0.25) is 0 Å². The third-order valence-electron chi connectivity index (χ3n) is 4.40. The van der Waals surface area contributed by atoms with Gasteiger partial charge in [-0.25, -0.2) is 0 Å². The molecule has 0 amide bonds. The largest absolute Gasteiger partial charge is 0.398 e. The van der Waals surface area contributed by atoms with E-state index in [0.717, 1.165) is 18.8 Å². The molecule has 0 spiro atoms. The Kier molecular flexibility index (Phi) is 3.90. The fourth-order valence-electron chi connectivity index (χ4n) is 2.88. The van der Waals surface area contributed by atoms with Crippen LogP contribution in [0.15, 0.2) is 36.4 Å². The Morgan fingerprint density at radius 2 is 1.90 bits per heavy atom. The molecule has 0 bridgehead atoms. The molecule has 0 radical (unpaired) electrons. The quantitative estimate of drug-likeness (QED) is 0.853. The molecule has 1 fully saturated rings. The van der Waals surface area contributed by atoms with Crippen LogP contribution in [0.4, 0.5) is 5.69 Å². The number of rotatable bonds is 2. The molecule has 20 heavy (non-hydrogen) atoms. The maximum atomic E-state index is 6.25. The van der Waals surface area contributed by atoms with Gasteiger partial charge in [0.25, 0.3) is 0 Å². The van der Waals surface area contributed by atoms with Crippen molar-refractivity contribution in [2.75, 3.05) is 18.0 Å². The molecule has 2 N–H and O–H groups in total. The summed E-state index contributed by atoms with van der Waals surface area (Å²) in [4.78, 5) is 2.56. The smallest absolute Gasteiger partial charge is 0.0366 e. The summed E-state index contributed by atoms with van der Waals surface area (Å²) in [6.07, 6.45) is 0. The predicted molar refractivity (Wildman–Crippen MR) is 90.2 cm³/mol. The molecule has 1 aliphatic heterocycles. The average Bonchev–Trinajstić information content (AvgIpc) is 2.44. The van der Waals surface area contributed by atoms with E-state index in [1.807, 2.05) is 0 Å². The molecule has 1 saturated heterocycles. The van der Waals surface area contributed by atoms with Crippen molar-refractivity contribution < 1.29 is 0 Å². The van der Waals surface area contributed by atoms with Gasteiger partial charge in [0.15, 0.2) is 0 Å². The number of fused-ring (bicyclic) bond motifs is 1. The van der Waals surface area contributed by atoms with Crippen LogP contribution in [0, 0.1) is 0 Å². The van der Waals surface area contributed by atoms with E-state index in [1.54, 1.807) is 0 Å². The van der Waals surface area contributed by atoms with E-state index in [1.165, 1.54) is 22.1 Å². The van der Waals surface area contributed by atoms with E-state index >= 15 is 0 Å². The van der Waals surface area contributed by atoms with Gasteiger partial charge < -0.3 is 5.73 Å². The van der Waals surface area contributed by atoms with Crippen LogP contribution in [-0.2, 0) is 6.54 Å². The van der Waals surface area contributed by atoms with Crippen LogP contribution < -0.4 is 5.73 Å². The lowest BCUT2D eigenvalue weighted by Crippen LogP contribution is -2.44. The highest BCUT2D eigenvalue weighted by molar-refractivity contribution is 8.00. The van der Waals surface area contributed by atoms with Crippen molar-refractivity contribution in [2.45, 2.75) is 31.7 Å². The molecule has 2 atom stereocenters. The highest BCUT2D eigenvalue weighted by Gasteiger charge is 2.25. The molecule has 1 aliphatic rings. The SMILES string of the molecule is CC1SCCN(Cc2cc3ccccc3cc2N)C1C.